The molecule has 0 nitrogen and oxygen atoms in total. The van der Waals surface area contributed by atoms with Crippen LogP contribution >= 0.6 is 0 Å². The average molecular weight is 471 g/mol. The Labute approximate surface area is 200 Å². The second kappa shape index (κ2) is 9.51. The summed E-state index contributed by atoms with van der Waals surface area (Å²) in [5.41, 5.74) is 1.61. The Morgan fingerprint density at radius 1 is 0.765 bits per heavy atom. The summed E-state index contributed by atoms with van der Waals surface area (Å²) >= 11 is 0. The summed E-state index contributed by atoms with van der Waals surface area (Å²) in [4.78, 5) is 0. The minimum absolute atomic E-state index is 0.00740. The molecule has 0 amide bonds. The van der Waals surface area contributed by atoms with E-state index in [2.05, 4.69) is 13.5 Å². The van der Waals surface area contributed by atoms with Gasteiger partial charge in [-0.15, -0.1) is 6.58 Å². The van der Waals surface area contributed by atoms with Gasteiger partial charge in [-0.25, -0.2) is 17.6 Å². The zero-order valence-corrected chi connectivity index (χ0v) is 20.0. The highest BCUT2D eigenvalue weighted by atomic mass is 19.2. The first-order valence-electron chi connectivity index (χ1n) is 13.0. The number of benzene rings is 2. The summed E-state index contributed by atoms with van der Waals surface area (Å²) in [6.45, 7) is 5.97. The van der Waals surface area contributed by atoms with Crippen LogP contribution in [0.15, 0.2) is 24.8 Å². The van der Waals surface area contributed by atoms with Crippen LogP contribution in [0.2, 0.25) is 0 Å². The van der Waals surface area contributed by atoms with Gasteiger partial charge in [-0.3, -0.25) is 0 Å². The SMILES string of the molecule is C=CCCc1cc2c(c(F)c1F)-c1c(cc(C3CCC(C4CCC(C)CC4)CC3)c(F)c1F)C2. The molecule has 0 heterocycles. The van der Waals surface area contributed by atoms with Gasteiger partial charge < -0.3 is 0 Å². The third-order valence-corrected chi connectivity index (χ3v) is 8.87. The zero-order valence-electron chi connectivity index (χ0n) is 20.0. The Balaban J connectivity index is 1.39. The van der Waals surface area contributed by atoms with E-state index >= 15 is 8.78 Å². The first kappa shape index (κ1) is 23.6. The summed E-state index contributed by atoms with van der Waals surface area (Å²) in [5.74, 6) is -1.63. The van der Waals surface area contributed by atoms with Gasteiger partial charge in [0.05, 0.1) is 0 Å². The molecule has 2 saturated carbocycles. The first-order chi connectivity index (χ1) is 16.4. The number of rotatable bonds is 5. The number of aryl methyl sites for hydroxylation is 1. The predicted octanol–water partition coefficient (Wildman–Crippen LogP) is 9.03. The van der Waals surface area contributed by atoms with Crippen LogP contribution in [0.5, 0.6) is 0 Å². The molecule has 0 aromatic heterocycles. The molecule has 0 aliphatic heterocycles. The molecule has 2 fully saturated rings. The van der Waals surface area contributed by atoms with E-state index in [-0.39, 0.29) is 22.6 Å². The summed E-state index contributed by atoms with van der Waals surface area (Å²) in [5, 5.41) is 0. The van der Waals surface area contributed by atoms with Gasteiger partial charge in [0.15, 0.2) is 23.3 Å². The molecule has 3 aliphatic rings. The van der Waals surface area contributed by atoms with Crippen LogP contribution < -0.4 is 0 Å². The lowest BCUT2D eigenvalue weighted by Crippen LogP contribution is -2.25. The average Bonchev–Trinajstić information content (AvgIpc) is 3.22. The quantitative estimate of drug-likeness (QED) is 0.258. The van der Waals surface area contributed by atoms with Crippen molar-refractivity contribution in [1.82, 2.24) is 0 Å². The van der Waals surface area contributed by atoms with Crippen molar-refractivity contribution in [3.63, 3.8) is 0 Å². The fourth-order valence-corrected chi connectivity index (χ4v) is 6.86. The second-order valence-corrected chi connectivity index (χ2v) is 11.0. The molecule has 0 bridgehead atoms. The van der Waals surface area contributed by atoms with E-state index in [1.165, 1.54) is 25.7 Å². The van der Waals surface area contributed by atoms with Crippen molar-refractivity contribution in [2.45, 2.75) is 83.5 Å². The Morgan fingerprint density at radius 2 is 1.32 bits per heavy atom. The summed E-state index contributed by atoms with van der Waals surface area (Å²) in [7, 11) is 0. The second-order valence-electron chi connectivity index (χ2n) is 11.0. The molecule has 34 heavy (non-hydrogen) atoms. The van der Waals surface area contributed by atoms with E-state index in [4.69, 9.17) is 0 Å². The minimum atomic E-state index is -1.07. The highest BCUT2D eigenvalue weighted by Gasteiger charge is 2.35. The van der Waals surface area contributed by atoms with Crippen molar-refractivity contribution in [3.05, 3.63) is 70.3 Å². The van der Waals surface area contributed by atoms with Gasteiger partial charge in [0.2, 0.25) is 0 Å². The molecule has 0 radical (unpaired) electrons. The van der Waals surface area contributed by atoms with Crippen molar-refractivity contribution in [1.29, 1.82) is 0 Å². The van der Waals surface area contributed by atoms with Crippen molar-refractivity contribution >= 4 is 0 Å². The van der Waals surface area contributed by atoms with Gasteiger partial charge in [0.25, 0.3) is 0 Å². The largest absolute Gasteiger partial charge is 0.203 e. The van der Waals surface area contributed by atoms with E-state index in [1.807, 2.05) is 0 Å². The molecule has 2 aromatic carbocycles. The van der Waals surface area contributed by atoms with Crippen LogP contribution in [-0.2, 0) is 12.8 Å². The lowest BCUT2D eigenvalue weighted by Gasteiger charge is -2.37. The van der Waals surface area contributed by atoms with Crippen LogP contribution in [0.4, 0.5) is 17.6 Å². The lowest BCUT2D eigenvalue weighted by molar-refractivity contribution is 0.164. The molecule has 0 saturated heterocycles. The molecule has 0 unspecified atom stereocenters. The molecule has 0 N–H and O–H groups in total. The normalized spacial score (nSPS) is 26.3. The Kier molecular flexibility index (Phi) is 6.61. The van der Waals surface area contributed by atoms with Crippen molar-refractivity contribution in [2.24, 2.45) is 17.8 Å². The maximum atomic E-state index is 15.3. The molecule has 182 valence electrons. The smallest absolute Gasteiger partial charge is 0.167 e. The maximum Gasteiger partial charge on any atom is 0.167 e. The zero-order chi connectivity index (χ0) is 24.0. The summed E-state index contributed by atoms with van der Waals surface area (Å²) in [6.07, 6.45) is 11.9. The Hall–Kier alpha value is -2.10. The van der Waals surface area contributed by atoms with Gasteiger partial charge in [-0.1, -0.05) is 38.0 Å². The van der Waals surface area contributed by atoms with E-state index in [1.54, 1.807) is 18.2 Å². The Morgan fingerprint density at radius 3 is 1.94 bits per heavy atom. The van der Waals surface area contributed by atoms with Gasteiger partial charge in [-0.2, -0.15) is 0 Å². The highest BCUT2D eigenvalue weighted by Crippen LogP contribution is 2.48. The lowest BCUT2D eigenvalue weighted by atomic mass is 9.68. The number of halogens is 4. The van der Waals surface area contributed by atoms with Crippen molar-refractivity contribution < 1.29 is 17.6 Å². The number of hydrogen-bond acceptors (Lipinski definition) is 0. The molecule has 5 rings (SSSR count). The van der Waals surface area contributed by atoms with Crippen LogP contribution in [0, 0.1) is 41.0 Å². The van der Waals surface area contributed by atoms with E-state index in [0.29, 0.717) is 41.9 Å². The Bertz CT molecular complexity index is 1090. The van der Waals surface area contributed by atoms with E-state index in [0.717, 1.165) is 37.5 Å². The number of allylic oxidation sites excluding steroid dienone is 1. The number of fused-ring (bicyclic) bond motifs is 3. The van der Waals surface area contributed by atoms with E-state index in [9.17, 15) is 8.78 Å². The molecule has 0 atom stereocenters. The topological polar surface area (TPSA) is 0 Å². The van der Waals surface area contributed by atoms with E-state index < -0.39 is 23.3 Å². The standard InChI is InChI=1S/C30H34F4/c1-3-4-5-21-14-22-15-23-16-24(28(32)30(34)26(23)25(22)29(33)27(21)31)20-12-10-19(11-13-20)18-8-6-17(2)7-9-18/h3,14,16-20H,1,4-13,15H2,2H3. The predicted molar refractivity (Wildman–Crippen MR) is 129 cm³/mol. The first-order valence-corrected chi connectivity index (χ1v) is 13.0. The monoisotopic (exact) mass is 470 g/mol. The summed E-state index contributed by atoms with van der Waals surface area (Å²) < 4.78 is 60.3. The maximum absolute atomic E-state index is 15.3. The van der Waals surface area contributed by atoms with Crippen LogP contribution in [0.3, 0.4) is 0 Å². The molecule has 2 aromatic rings. The fraction of sp³-hybridized carbons (Fsp3) is 0.533. The van der Waals surface area contributed by atoms with Gasteiger partial charge >= 0.3 is 0 Å². The number of hydrogen-bond donors (Lipinski definition) is 0. The third-order valence-electron chi connectivity index (χ3n) is 8.87. The van der Waals surface area contributed by atoms with Crippen LogP contribution in [0.1, 0.15) is 92.9 Å². The fourth-order valence-electron chi connectivity index (χ4n) is 6.86. The van der Waals surface area contributed by atoms with Crippen molar-refractivity contribution in [2.75, 3.05) is 0 Å². The van der Waals surface area contributed by atoms with Crippen molar-refractivity contribution in [3.8, 4) is 11.1 Å². The minimum Gasteiger partial charge on any atom is -0.203 e. The molecule has 0 spiro atoms. The van der Waals surface area contributed by atoms with Gasteiger partial charge in [-0.05, 0) is 104 Å². The molecule has 4 heteroatoms. The van der Waals surface area contributed by atoms with Crippen LogP contribution in [-0.4, -0.2) is 0 Å². The van der Waals surface area contributed by atoms with Gasteiger partial charge in [0.1, 0.15) is 0 Å². The highest BCUT2D eigenvalue weighted by molar-refractivity contribution is 5.79. The van der Waals surface area contributed by atoms with Crippen LogP contribution in [0.25, 0.3) is 11.1 Å². The van der Waals surface area contributed by atoms with Gasteiger partial charge in [0, 0.05) is 11.1 Å². The molecular formula is C30H34F4. The third kappa shape index (κ3) is 4.12. The molecular weight excluding hydrogens is 436 g/mol. The summed E-state index contributed by atoms with van der Waals surface area (Å²) in [6, 6.07) is 3.35. The molecule has 3 aliphatic carbocycles.